The third kappa shape index (κ3) is 2.11. The number of amides is 1. The second-order valence-electron chi connectivity index (χ2n) is 4.20. The van der Waals surface area contributed by atoms with Crippen LogP contribution in [0, 0.1) is 0 Å². The van der Waals surface area contributed by atoms with Gasteiger partial charge in [0.1, 0.15) is 5.75 Å². The summed E-state index contributed by atoms with van der Waals surface area (Å²) in [5.74, 6) is -1.85. The van der Waals surface area contributed by atoms with Gasteiger partial charge in [0.15, 0.2) is 0 Å². The molecular weight excluding hydrogens is 310 g/mol. The van der Waals surface area contributed by atoms with Gasteiger partial charge in [-0.05, 0) is 36.4 Å². The van der Waals surface area contributed by atoms with Gasteiger partial charge in [-0.3, -0.25) is 10.1 Å². The Hall–Kier alpha value is -1.85. The molecule has 0 saturated carbocycles. The molecule has 0 saturated heterocycles. The number of para-hydroxylation sites is 1. The van der Waals surface area contributed by atoms with Crippen LogP contribution in [0.5, 0.6) is 5.75 Å². The lowest BCUT2D eigenvalue weighted by Crippen LogP contribution is -2.53. The number of hydrogen-bond donors (Lipinski definition) is 2. The van der Waals surface area contributed by atoms with Crippen LogP contribution in [-0.4, -0.2) is 11.0 Å². The predicted molar refractivity (Wildman–Crippen MR) is 72.6 cm³/mol. The second-order valence-corrected chi connectivity index (χ2v) is 5.12. The number of nitrogens with one attached hydrogen (secondary N) is 1. The number of aliphatic hydroxyl groups is 1. The van der Waals surface area contributed by atoms with Crippen LogP contribution in [0.2, 0.25) is 0 Å². The highest BCUT2D eigenvalue weighted by molar-refractivity contribution is 9.10. The molecule has 0 aliphatic carbocycles. The Balaban J connectivity index is 2.04. The minimum atomic E-state index is -1.84. The smallest absolute Gasteiger partial charge is 0.320 e. The van der Waals surface area contributed by atoms with Gasteiger partial charge in [0, 0.05) is 10.0 Å². The summed E-state index contributed by atoms with van der Waals surface area (Å²) in [5.41, 5.74) is 0.864. The molecule has 2 N–H and O–H groups in total. The molecule has 2 aromatic carbocycles. The largest absolute Gasteiger partial charge is 0.440 e. The lowest BCUT2D eigenvalue weighted by Gasteiger charge is -2.34. The van der Waals surface area contributed by atoms with Crippen LogP contribution in [-0.2, 0) is 5.91 Å². The molecule has 1 aliphatic rings. The Morgan fingerprint density at radius 3 is 2.53 bits per heavy atom. The molecule has 0 fully saturated rings. The van der Waals surface area contributed by atoms with Crippen molar-refractivity contribution in [1.29, 1.82) is 0 Å². The van der Waals surface area contributed by atoms with Crippen molar-refractivity contribution < 1.29 is 14.6 Å². The summed E-state index contributed by atoms with van der Waals surface area (Å²) in [6.45, 7) is 0. The van der Waals surface area contributed by atoms with Crippen LogP contribution in [0.4, 0.5) is 0 Å². The lowest BCUT2D eigenvalue weighted by molar-refractivity contribution is -0.167. The molecule has 0 bridgehead atoms. The lowest BCUT2D eigenvalue weighted by atomic mass is 10.1. The number of halogens is 1. The van der Waals surface area contributed by atoms with Crippen molar-refractivity contribution in [2.45, 2.75) is 5.91 Å². The number of ether oxygens (including phenoxy) is 1. The fourth-order valence-corrected chi connectivity index (χ4v) is 2.22. The van der Waals surface area contributed by atoms with Gasteiger partial charge in [0.2, 0.25) is 0 Å². The van der Waals surface area contributed by atoms with Crippen molar-refractivity contribution in [3.63, 3.8) is 0 Å². The van der Waals surface area contributed by atoms with Crippen molar-refractivity contribution in [3.8, 4) is 5.75 Å². The maximum absolute atomic E-state index is 12.0. The summed E-state index contributed by atoms with van der Waals surface area (Å²) < 4.78 is 6.40. The summed E-state index contributed by atoms with van der Waals surface area (Å²) in [5, 5.41) is 12.9. The predicted octanol–water partition coefficient (Wildman–Crippen LogP) is 2.37. The quantitative estimate of drug-likeness (QED) is 0.848. The highest BCUT2D eigenvalue weighted by atomic mass is 79.9. The molecule has 0 aromatic heterocycles. The van der Waals surface area contributed by atoms with Crippen LogP contribution >= 0.6 is 15.9 Å². The third-order valence-electron chi connectivity index (χ3n) is 2.91. The molecular formula is C14H10BrNO3. The van der Waals surface area contributed by atoms with Crippen molar-refractivity contribution in [3.05, 3.63) is 64.1 Å². The zero-order valence-corrected chi connectivity index (χ0v) is 11.3. The van der Waals surface area contributed by atoms with Crippen molar-refractivity contribution >= 4 is 21.8 Å². The van der Waals surface area contributed by atoms with E-state index in [-0.39, 0.29) is 5.91 Å². The maximum atomic E-state index is 12.0. The Bertz CT molecular complexity index is 641. The first-order valence-corrected chi connectivity index (χ1v) is 6.47. The third-order valence-corrected chi connectivity index (χ3v) is 3.44. The zero-order chi connectivity index (χ0) is 13.5. The van der Waals surface area contributed by atoms with E-state index in [1.165, 1.54) is 0 Å². The zero-order valence-electron chi connectivity index (χ0n) is 9.76. The molecule has 0 radical (unpaired) electrons. The molecule has 96 valence electrons. The Morgan fingerprint density at radius 1 is 1.11 bits per heavy atom. The van der Waals surface area contributed by atoms with Gasteiger partial charge in [0.05, 0.1) is 5.56 Å². The minimum Gasteiger partial charge on any atom is -0.440 e. The van der Waals surface area contributed by atoms with E-state index in [9.17, 15) is 9.90 Å². The minimum absolute atomic E-state index is 0.358. The van der Waals surface area contributed by atoms with Gasteiger partial charge in [-0.1, -0.05) is 28.1 Å². The van der Waals surface area contributed by atoms with Gasteiger partial charge in [-0.2, -0.15) is 0 Å². The van der Waals surface area contributed by atoms with Crippen LogP contribution < -0.4 is 10.1 Å². The van der Waals surface area contributed by atoms with Crippen LogP contribution in [0.1, 0.15) is 15.9 Å². The first kappa shape index (κ1) is 12.2. The van der Waals surface area contributed by atoms with Gasteiger partial charge < -0.3 is 9.84 Å². The monoisotopic (exact) mass is 319 g/mol. The number of hydrogen-bond acceptors (Lipinski definition) is 3. The van der Waals surface area contributed by atoms with Crippen molar-refractivity contribution in [1.82, 2.24) is 5.32 Å². The molecule has 5 heteroatoms. The molecule has 19 heavy (non-hydrogen) atoms. The van der Waals surface area contributed by atoms with E-state index in [1.54, 1.807) is 48.5 Å². The van der Waals surface area contributed by atoms with E-state index >= 15 is 0 Å². The van der Waals surface area contributed by atoms with Gasteiger partial charge in [-0.15, -0.1) is 0 Å². The molecule has 1 heterocycles. The van der Waals surface area contributed by atoms with Gasteiger partial charge in [-0.25, -0.2) is 0 Å². The van der Waals surface area contributed by atoms with Crippen molar-refractivity contribution in [2.75, 3.05) is 0 Å². The van der Waals surface area contributed by atoms with E-state index in [1.807, 2.05) is 0 Å². The summed E-state index contributed by atoms with van der Waals surface area (Å²) >= 11 is 3.31. The molecule has 0 spiro atoms. The van der Waals surface area contributed by atoms with E-state index in [0.29, 0.717) is 16.9 Å². The first-order valence-electron chi connectivity index (χ1n) is 5.67. The highest BCUT2D eigenvalue weighted by Crippen LogP contribution is 2.31. The fraction of sp³-hybridized carbons (Fsp3) is 0.0714. The summed E-state index contributed by atoms with van der Waals surface area (Å²) in [6.07, 6.45) is 0. The average Bonchev–Trinajstić information content (AvgIpc) is 2.39. The maximum Gasteiger partial charge on any atom is 0.320 e. The number of rotatable bonds is 1. The Morgan fingerprint density at radius 2 is 1.79 bits per heavy atom. The highest BCUT2D eigenvalue weighted by Gasteiger charge is 2.39. The fourth-order valence-electron chi connectivity index (χ4n) is 1.96. The normalized spacial score (nSPS) is 21.3. The Kier molecular flexibility index (Phi) is 2.80. The van der Waals surface area contributed by atoms with Crippen molar-refractivity contribution in [2.24, 2.45) is 0 Å². The topological polar surface area (TPSA) is 58.6 Å². The summed E-state index contributed by atoms with van der Waals surface area (Å²) in [6, 6.07) is 13.7. The second kappa shape index (κ2) is 4.36. The van der Waals surface area contributed by atoms with E-state index < -0.39 is 5.91 Å². The van der Waals surface area contributed by atoms with E-state index in [2.05, 4.69) is 21.2 Å². The SMILES string of the molecule is O=C1NC(O)(c2ccc(Br)cc2)Oc2ccccc21. The van der Waals surface area contributed by atoms with E-state index in [0.717, 1.165) is 4.47 Å². The molecule has 1 amide bonds. The standard InChI is InChI=1S/C14H10BrNO3/c15-10-7-5-9(6-8-10)14(18)16-13(17)11-3-1-2-4-12(11)19-14/h1-8,18H,(H,16,17). The molecule has 2 aromatic rings. The number of carbonyl (C=O) groups is 1. The molecule has 1 aliphatic heterocycles. The summed E-state index contributed by atoms with van der Waals surface area (Å²) in [7, 11) is 0. The Labute approximate surface area is 118 Å². The first-order chi connectivity index (χ1) is 9.08. The number of carbonyl (C=O) groups excluding carboxylic acids is 1. The molecule has 1 unspecified atom stereocenters. The number of benzene rings is 2. The molecule has 4 nitrogen and oxygen atoms in total. The summed E-state index contributed by atoms with van der Waals surface area (Å²) in [4.78, 5) is 12.0. The average molecular weight is 320 g/mol. The molecule has 3 rings (SSSR count). The number of fused-ring (bicyclic) bond motifs is 1. The van der Waals surface area contributed by atoms with E-state index in [4.69, 9.17) is 4.74 Å². The van der Waals surface area contributed by atoms with Crippen LogP contribution in [0.3, 0.4) is 0 Å². The van der Waals surface area contributed by atoms with Gasteiger partial charge >= 0.3 is 5.91 Å². The van der Waals surface area contributed by atoms with Crippen LogP contribution in [0.15, 0.2) is 53.0 Å². The van der Waals surface area contributed by atoms with Crippen LogP contribution in [0.25, 0.3) is 0 Å². The van der Waals surface area contributed by atoms with Gasteiger partial charge in [0.25, 0.3) is 5.91 Å². The molecule has 1 atom stereocenters.